The molecule has 0 aliphatic rings. The number of hydrogen-bond donors (Lipinski definition) is 5. The summed E-state index contributed by atoms with van der Waals surface area (Å²) in [4.78, 5) is 51.6. The van der Waals surface area contributed by atoms with Crippen LogP contribution in [0.15, 0.2) is 6.07 Å². The van der Waals surface area contributed by atoms with Gasteiger partial charge in [-0.15, -0.1) is 0 Å². The number of aliphatic hydroxyl groups is 1. The minimum Gasteiger partial charge on any atom is -0.426 e. The Morgan fingerprint density at radius 3 is 2.02 bits per heavy atom. The molecule has 0 spiro atoms. The summed E-state index contributed by atoms with van der Waals surface area (Å²) in [6.07, 6.45) is -1.01. The van der Waals surface area contributed by atoms with Crippen molar-refractivity contribution in [2.75, 3.05) is 18.6 Å². The Morgan fingerprint density at radius 1 is 0.911 bits per heavy atom. The average molecular weight is 659 g/mol. The van der Waals surface area contributed by atoms with Gasteiger partial charge in [0, 0.05) is 24.4 Å². The molecule has 0 aliphatic carbocycles. The molecule has 1 aromatic rings. The second-order valence-corrected chi connectivity index (χ2v) is 15.3. The third-order valence-electron chi connectivity index (χ3n) is 6.99. The van der Waals surface area contributed by atoms with Crippen molar-refractivity contribution in [2.45, 2.75) is 106 Å². The summed E-state index contributed by atoms with van der Waals surface area (Å²) < 4.78 is 30.8. The quantitative estimate of drug-likeness (QED) is 0.155. The zero-order valence-corrected chi connectivity index (χ0v) is 29.2. The molecule has 0 fully saturated rings. The highest BCUT2D eigenvalue weighted by atomic mass is 32.2. The van der Waals surface area contributed by atoms with Crippen molar-refractivity contribution in [1.82, 2.24) is 31.0 Å². The van der Waals surface area contributed by atoms with Gasteiger partial charge in [-0.05, 0) is 50.5 Å². The van der Waals surface area contributed by atoms with Gasteiger partial charge in [-0.1, -0.05) is 48.5 Å². The van der Waals surface area contributed by atoms with E-state index in [1.807, 2.05) is 41.5 Å². The van der Waals surface area contributed by atoms with Crippen molar-refractivity contribution in [3.63, 3.8) is 0 Å². The van der Waals surface area contributed by atoms with Gasteiger partial charge in [-0.3, -0.25) is 14.4 Å². The number of aryl methyl sites for hydroxylation is 2. The van der Waals surface area contributed by atoms with Crippen LogP contribution in [-0.2, 0) is 35.7 Å². The van der Waals surface area contributed by atoms with E-state index in [0.29, 0.717) is 13.0 Å². The Bertz CT molecular complexity index is 1250. The van der Waals surface area contributed by atoms with Crippen molar-refractivity contribution < 1.29 is 37.4 Å². The molecule has 5 N–H and O–H groups in total. The zero-order valence-electron chi connectivity index (χ0n) is 28.3. The van der Waals surface area contributed by atoms with Gasteiger partial charge in [0.25, 0.3) is 0 Å². The highest BCUT2D eigenvalue weighted by molar-refractivity contribution is 7.90. The fraction of sp³-hybridized carbons (Fsp3) is 0.767. The van der Waals surface area contributed by atoms with Crippen LogP contribution in [0.1, 0.15) is 72.7 Å². The van der Waals surface area contributed by atoms with Gasteiger partial charge in [0.1, 0.15) is 21.9 Å². The van der Waals surface area contributed by atoms with Crippen molar-refractivity contribution in [2.24, 2.45) is 23.7 Å². The second-order valence-electron chi connectivity index (χ2n) is 13.1. The van der Waals surface area contributed by atoms with Crippen LogP contribution < -0.4 is 21.3 Å². The van der Waals surface area contributed by atoms with Crippen molar-refractivity contribution in [3.05, 3.63) is 17.5 Å². The molecule has 0 saturated heterocycles. The fourth-order valence-electron chi connectivity index (χ4n) is 4.58. The summed E-state index contributed by atoms with van der Waals surface area (Å²) in [5.41, 5.74) is 1.47. The first kappa shape index (κ1) is 39.8. The van der Waals surface area contributed by atoms with Crippen LogP contribution in [-0.4, -0.2) is 89.9 Å². The number of aliphatic hydroxyl groups excluding tert-OH is 1. The van der Waals surface area contributed by atoms with Gasteiger partial charge in [0.2, 0.25) is 17.7 Å². The zero-order chi connectivity index (χ0) is 34.6. The lowest BCUT2D eigenvalue weighted by molar-refractivity contribution is -0.132. The minimum atomic E-state index is -3.73. The standard InChI is InChI=1S/C30H54N6O8S/c1-17(2)11-23(25(37)12-20(7)27(38)34-26(19(5)6)29(40)31-14-18(3)4)32-28(39)24(15-45(10,42)43)33-30(41)44-16-36-22(9)13-21(8)35-36/h13,17-20,23-26,37H,11-12,14-16H2,1-10H3,(H,31,40)(H,32,39)(H,33,41)(H,34,38)/t20-,23-,24+,25+,26-/m1/s1. The van der Waals surface area contributed by atoms with Crippen molar-refractivity contribution >= 4 is 33.7 Å². The van der Waals surface area contributed by atoms with Gasteiger partial charge in [-0.2, -0.15) is 5.10 Å². The molecule has 0 unspecified atom stereocenters. The molecular formula is C30H54N6O8S. The molecule has 45 heavy (non-hydrogen) atoms. The third-order valence-corrected chi connectivity index (χ3v) is 7.93. The normalized spacial score (nSPS) is 15.2. The van der Waals surface area contributed by atoms with E-state index in [1.54, 1.807) is 26.8 Å². The lowest BCUT2D eigenvalue weighted by Gasteiger charge is -2.30. The molecular weight excluding hydrogens is 604 g/mol. The predicted octanol–water partition coefficient (Wildman–Crippen LogP) is 1.43. The first-order valence-electron chi connectivity index (χ1n) is 15.4. The van der Waals surface area contributed by atoms with E-state index in [9.17, 15) is 32.7 Å². The third kappa shape index (κ3) is 15.1. The van der Waals surface area contributed by atoms with E-state index in [-0.39, 0.29) is 36.8 Å². The molecule has 0 bridgehead atoms. The summed E-state index contributed by atoms with van der Waals surface area (Å²) in [5.74, 6) is -2.89. The molecule has 1 heterocycles. The molecule has 1 aromatic heterocycles. The van der Waals surface area contributed by atoms with E-state index in [4.69, 9.17) is 4.74 Å². The summed E-state index contributed by atoms with van der Waals surface area (Å²) in [6.45, 7) is 16.7. The summed E-state index contributed by atoms with van der Waals surface area (Å²) in [7, 11) is -3.73. The molecule has 0 aromatic carbocycles. The van der Waals surface area contributed by atoms with Crippen LogP contribution in [0, 0.1) is 37.5 Å². The van der Waals surface area contributed by atoms with E-state index >= 15 is 0 Å². The number of aromatic nitrogens is 2. The lowest BCUT2D eigenvalue weighted by Crippen LogP contribution is -2.55. The fourth-order valence-corrected chi connectivity index (χ4v) is 5.42. The van der Waals surface area contributed by atoms with E-state index in [0.717, 1.165) is 17.6 Å². The number of hydrogen-bond acceptors (Lipinski definition) is 9. The largest absolute Gasteiger partial charge is 0.426 e. The smallest absolute Gasteiger partial charge is 0.409 e. The highest BCUT2D eigenvalue weighted by Crippen LogP contribution is 2.17. The minimum absolute atomic E-state index is 0.0103. The van der Waals surface area contributed by atoms with Crippen LogP contribution in [0.2, 0.25) is 0 Å². The number of amides is 4. The molecule has 5 atom stereocenters. The van der Waals surface area contributed by atoms with Crippen molar-refractivity contribution in [1.29, 1.82) is 0 Å². The van der Waals surface area contributed by atoms with Crippen LogP contribution in [0.4, 0.5) is 4.79 Å². The van der Waals surface area contributed by atoms with Gasteiger partial charge >= 0.3 is 6.09 Å². The molecule has 4 amide bonds. The number of alkyl carbamates (subject to hydrolysis) is 1. The number of carbonyl (C=O) groups excluding carboxylic acids is 4. The topological polar surface area (TPSA) is 198 Å². The highest BCUT2D eigenvalue weighted by Gasteiger charge is 2.33. The molecule has 0 radical (unpaired) electrons. The number of nitrogens with zero attached hydrogens (tertiary/aromatic N) is 2. The van der Waals surface area contributed by atoms with E-state index < -0.39 is 63.6 Å². The summed E-state index contributed by atoms with van der Waals surface area (Å²) in [6, 6.07) is -1.34. The molecule has 15 heteroatoms. The first-order valence-corrected chi connectivity index (χ1v) is 17.4. The van der Waals surface area contributed by atoms with Gasteiger partial charge in [0.05, 0.1) is 23.6 Å². The molecule has 258 valence electrons. The monoisotopic (exact) mass is 658 g/mol. The Balaban J connectivity index is 2.98. The Kier molecular flexibility index (Phi) is 16.0. The number of nitrogens with one attached hydrogen (secondary N) is 4. The Morgan fingerprint density at radius 2 is 1.53 bits per heavy atom. The van der Waals surface area contributed by atoms with Crippen LogP contribution in [0.25, 0.3) is 0 Å². The van der Waals surface area contributed by atoms with Crippen LogP contribution >= 0.6 is 0 Å². The number of rotatable bonds is 18. The molecule has 14 nitrogen and oxygen atoms in total. The van der Waals surface area contributed by atoms with Gasteiger partial charge in [0.15, 0.2) is 6.73 Å². The molecule has 0 aliphatic heterocycles. The van der Waals surface area contributed by atoms with Gasteiger partial charge < -0.3 is 31.1 Å². The molecule has 1 rings (SSSR count). The van der Waals surface area contributed by atoms with E-state index in [1.165, 1.54) is 4.68 Å². The number of ether oxygens (including phenoxy) is 1. The number of sulfone groups is 1. The maximum Gasteiger partial charge on any atom is 0.409 e. The second kappa shape index (κ2) is 18.1. The summed E-state index contributed by atoms with van der Waals surface area (Å²) in [5, 5.41) is 25.9. The SMILES string of the molecule is Cc1cc(C)n(COC(=O)N[C@@H](CS(C)(=O)=O)C(=O)N[C@H](CC(C)C)[C@@H](O)C[C@@H](C)C(=O)N[C@@H](C(=O)NCC(C)C)C(C)C)n1. The average Bonchev–Trinajstić information content (AvgIpc) is 3.23. The lowest BCUT2D eigenvalue weighted by atomic mass is 9.91. The Labute approximate surface area is 267 Å². The first-order chi connectivity index (χ1) is 20.7. The van der Waals surface area contributed by atoms with E-state index in [2.05, 4.69) is 26.4 Å². The summed E-state index contributed by atoms with van der Waals surface area (Å²) >= 11 is 0. The van der Waals surface area contributed by atoms with Crippen LogP contribution in [0.5, 0.6) is 0 Å². The Hall–Kier alpha value is -3.20. The maximum absolute atomic E-state index is 13.3. The predicted molar refractivity (Wildman–Crippen MR) is 171 cm³/mol. The van der Waals surface area contributed by atoms with Crippen LogP contribution in [0.3, 0.4) is 0 Å². The van der Waals surface area contributed by atoms with Gasteiger partial charge in [-0.25, -0.2) is 17.9 Å². The maximum atomic E-state index is 13.3. The van der Waals surface area contributed by atoms with Crippen molar-refractivity contribution in [3.8, 4) is 0 Å². The number of carbonyl (C=O) groups is 4. The molecule has 0 saturated carbocycles.